The van der Waals surface area contributed by atoms with Crippen LogP contribution >= 0.6 is 0 Å². The first-order valence-corrected chi connectivity index (χ1v) is 10.6. The first kappa shape index (κ1) is 21.2. The van der Waals surface area contributed by atoms with Gasteiger partial charge in [0.15, 0.2) is 0 Å². The van der Waals surface area contributed by atoms with E-state index in [1.807, 2.05) is 13.8 Å². The van der Waals surface area contributed by atoms with Crippen molar-refractivity contribution in [3.05, 3.63) is 64.8 Å². The molecule has 1 aliphatic heterocycles. The fourth-order valence-corrected chi connectivity index (χ4v) is 4.24. The number of aryl methyl sites for hydroxylation is 3. The molecular formula is C24H27FN4O2. The lowest BCUT2D eigenvalue weighted by atomic mass is 9.96. The predicted molar refractivity (Wildman–Crippen MR) is 117 cm³/mol. The van der Waals surface area contributed by atoms with E-state index in [1.54, 1.807) is 12.1 Å². The van der Waals surface area contributed by atoms with E-state index in [9.17, 15) is 9.18 Å². The van der Waals surface area contributed by atoms with E-state index in [-0.39, 0.29) is 17.6 Å². The molecular weight excluding hydrogens is 395 g/mol. The quantitative estimate of drug-likeness (QED) is 0.650. The molecule has 4 rings (SSSR count). The van der Waals surface area contributed by atoms with Crippen LogP contribution in [0.5, 0.6) is 0 Å². The van der Waals surface area contributed by atoms with Crippen molar-refractivity contribution in [2.45, 2.75) is 39.5 Å². The van der Waals surface area contributed by atoms with Crippen LogP contribution in [0.2, 0.25) is 0 Å². The summed E-state index contributed by atoms with van der Waals surface area (Å²) >= 11 is 0. The van der Waals surface area contributed by atoms with Crippen LogP contribution in [0.4, 0.5) is 10.1 Å². The van der Waals surface area contributed by atoms with Crippen molar-refractivity contribution < 1.29 is 13.7 Å². The molecule has 6 nitrogen and oxygen atoms in total. The molecule has 0 saturated carbocycles. The number of carbonyl (C=O) groups excluding carboxylic acids is 1. The number of rotatable bonds is 5. The number of likely N-dealkylation sites (tertiary alicyclic amines) is 1. The molecule has 1 N–H and O–H groups in total. The van der Waals surface area contributed by atoms with Crippen molar-refractivity contribution in [2.24, 2.45) is 0 Å². The van der Waals surface area contributed by atoms with Gasteiger partial charge in [-0.3, -0.25) is 9.69 Å². The molecule has 0 atom stereocenters. The van der Waals surface area contributed by atoms with E-state index in [1.165, 1.54) is 17.7 Å². The van der Waals surface area contributed by atoms with E-state index >= 15 is 0 Å². The van der Waals surface area contributed by atoms with Crippen LogP contribution in [-0.4, -0.2) is 40.6 Å². The molecule has 1 saturated heterocycles. The molecule has 1 aromatic heterocycles. The van der Waals surface area contributed by atoms with Crippen LogP contribution in [0, 0.1) is 26.6 Å². The number of nitrogens with one attached hydrogen (secondary N) is 1. The number of hydrogen-bond donors (Lipinski definition) is 1. The maximum atomic E-state index is 13.4. The van der Waals surface area contributed by atoms with Crippen LogP contribution in [0.1, 0.15) is 41.3 Å². The van der Waals surface area contributed by atoms with Gasteiger partial charge in [-0.25, -0.2) is 4.39 Å². The summed E-state index contributed by atoms with van der Waals surface area (Å²) in [5, 5.41) is 7.08. The summed E-state index contributed by atoms with van der Waals surface area (Å²) < 4.78 is 18.9. The van der Waals surface area contributed by atoms with Gasteiger partial charge >= 0.3 is 0 Å². The number of piperidine rings is 1. The van der Waals surface area contributed by atoms with Gasteiger partial charge in [0.25, 0.3) is 0 Å². The highest BCUT2D eigenvalue weighted by molar-refractivity contribution is 5.93. The lowest BCUT2D eigenvalue weighted by Gasteiger charge is -2.29. The Morgan fingerprint density at radius 1 is 1.16 bits per heavy atom. The van der Waals surface area contributed by atoms with E-state index in [0.717, 1.165) is 42.7 Å². The summed E-state index contributed by atoms with van der Waals surface area (Å²) in [6.07, 6.45) is 1.67. The molecule has 0 bridgehead atoms. The Bertz CT molecular complexity index is 1060. The normalized spacial score (nSPS) is 15.2. The summed E-state index contributed by atoms with van der Waals surface area (Å²) in [4.78, 5) is 19.2. The maximum absolute atomic E-state index is 13.4. The summed E-state index contributed by atoms with van der Waals surface area (Å²) in [7, 11) is 0. The number of hydrogen-bond acceptors (Lipinski definition) is 5. The third-order valence-corrected chi connectivity index (χ3v) is 5.77. The Morgan fingerprint density at radius 3 is 2.55 bits per heavy atom. The van der Waals surface area contributed by atoms with E-state index in [2.05, 4.69) is 39.4 Å². The molecule has 0 aliphatic carbocycles. The van der Waals surface area contributed by atoms with Crippen LogP contribution in [0.15, 0.2) is 40.9 Å². The van der Waals surface area contributed by atoms with Gasteiger partial charge in [-0.15, -0.1) is 0 Å². The maximum Gasteiger partial charge on any atom is 0.238 e. The van der Waals surface area contributed by atoms with Gasteiger partial charge in [0.1, 0.15) is 5.82 Å². The van der Waals surface area contributed by atoms with Crippen molar-refractivity contribution in [3.63, 3.8) is 0 Å². The Morgan fingerprint density at radius 2 is 1.87 bits per heavy atom. The number of carbonyl (C=O) groups is 1. The van der Waals surface area contributed by atoms with Crippen molar-refractivity contribution in [2.75, 3.05) is 25.0 Å². The number of halogens is 1. The zero-order valence-corrected chi connectivity index (χ0v) is 18.1. The van der Waals surface area contributed by atoms with Crippen molar-refractivity contribution in [1.29, 1.82) is 0 Å². The van der Waals surface area contributed by atoms with Gasteiger partial charge in [-0.2, -0.15) is 4.98 Å². The van der Waals surface area contributed by atoms with Crippen LogP contribution < -0.4 is 5.32 Å². The Kier molecular flexibility index (Phi) is 6.13. The van der Waals surface area contributed by atoms with E-state index in [0.29, 0.717) is 23.8 Å². The zero-order valence-electron chi connectivity index (χ0n) is 18.1. The van der Waals surface area contributed by atoms with Gasteiger partial charge in [-0.1, -0.05) is 35.0 Å². The largest absolute Gasteiger partial charge is 0.339 e. The third-order valence-electron chi connectivity index (χ3n) is 5.77. The zero-order chi connectivity index (χ0) is 22.0. The molecule has 0 unspecified atom stereocenters. The fourth-order valence-electron chi connectivity index (χ4n) is 4.24. The summed E-state index contributed by atoms with van der Waals surface area (Å²) in [6, 6.07) is 10.3. The number of anilines is 1. The molecule has 162 valence electrons. The lowest BCUT2D eigenvalue weighted by molar-refractivity contribution is -0.117. The minimum Gasteiger partial charge on any atom is -0.339 e. The molecule has 2 aromatic carbocycles. The van der Waals surface area contributed by atoms with Gasteiger partial charge in [0, 0.05) is 17.2 Å². The van der Waals surface area contributed by atoms with Gasteiger partial charge < -0.3 is 9.84 Å². The van der Waals surface area contributed by atoms with E-state index < -0.39 is 0 Å². The molecule has 31 heavy (non-hydrogen) atoms. The molecule has 1 aliphatic rings. The fraction of sp³-hybridized carbons (Fsp3) is 0.375. The summed E-state index contributed by atoms with van der Waals surface area (Å²) in [5.41, 5.74) is 4.86. The van der Waals surface area contributed by atoms with Crippen molar-refractivity contribution in [1.82, 2.24) is 15.0 Å². The van der Waals surface area contributed by atoms with Crippen LogP contribution in [0.25, 0.3) is 11.4 Å². The number of nitrogens with zero attached hydrogens (tertiary/aromatic N) is 3. The van der Waals surface area contributed by atoms with Crippen molar-refractivity contribution in [3.8, 4) is 11.4 Å². The Balaban J connectivity index is 1.32. The molecule has 2 heterocycles. The molecule has 0 spiro atoms. The highest BCUT2D eigenvalue weighted by Crippen LogP contribution is 2.29. The van der Waals surface area contributed by atoms with Crippen LogP contribution in [-0.2, 0) is 4.79 Å². The first-order valence-electron chi connectivity index (χ1n) is 10.6. The van der Waals surface area contributed by atoms with Crippen molar-refractivity contribution >= 4 is 11.6 Å². The molecule has 1 amide bonds. The predicted octanol–water partition coefficient (Wildman–Crippen LogP) is 4.62. The summed E-state index contributed by atoms with van der Waals surface area (Å²) in [5.74, 6) is 0.802. The molecule has 0 radical (unpaired) electrons. The monoisotopic (exact) mass is 422 g/mol. The second-order valence-corrected chi connectivity index (χ2v) is 8.34. The highest BCUT2D eigenvalue weighted by Gasteiger charge is 2.26. The summed E-state index contributed by atoms with van der Waals surface area (Å²) in [6.45, 7) is 8.01. The third kappa shape index (κ3) is 4.99. The minimum absolute atomic E-state index is 0.000293. The van der Waals surface area contributed by atoms with Gasteiger partial charge in [0.2, 0.25) is 17.6 Å². The first-order chi connectivity index (χ1) is 14.9. The standard InChI is InChI=1S/C24H27FN4O2/c1-15-11-16(2)22(17(3)12-15)26-21(30)14-29-9-7-18(8-10-29)24-27-23(28-31-24)19-5-4-6-20(25)13-19/h4-6,11-13,18H,7-10,14H2,1-3H3,(H,26,30). The smallest absolute Gasteiger partial charge is 0.238 e. The molecule has 3 aromatic rings. The second kappa shape index (κ2) is 8.98. The highest BCUT2D eigenvalue weighted by atomic mass is 19.1. The SMILES string of the molecule is Cc1cc(C)c(NC(=O)CN2CCC(c3nc(-c4cccc(F)c4)no3)CC2)c(C)c1. The Labute approximate surface area is 181 Å². The minimum atomic E-state index is -0.327. The average Bonchev–Trinajstić information content (AvgIpc) is 3.21. The number of benzene rings is 2. The Hall–Kier alpha value is -3.06. The van der Waals surface area contributed by atoms with Gasteiger partial charge in [-0.05, 0) is 70.0 Å². The average molecular weight is 423 g/mol. The lowest BCUT2D eigenvalue weighted by Crippen LogP contribution is -2.39. The van der Waals surface area contributed by atoms with Gasteiger partial charge in [0.05, 0.1) is 6.54 Å². The number of aromatic nitrogens is 2. The molecule has 1 fully saturated rings. The number of amides is 1. The van der Waals surface area contributed by atoms with Crippen LogP contribution in [0.3, 0.4) is 0 Å². The second-order valence-electron chi connectivity index (χ2n) is 8.34. The topological polar surface area (TPSA) is 71.3 Å². The molecule has 7 heteroatoms. The van der Waals surface area contributed by atoms with E-state index in [4.69, 9.17) is 4.52 Å².